The zero-order valence-corrected chi connectivity index (χ0v) is 13.1. The van der Waals surface area contributed by atoms with E-state index in [2.05, 4.69) is 5.32 Å². The van der Waals surface area contributed by atoms with Crippen molar-refractivity contribution in [3.8, 4) is 0 Å². The molecule has 2 aliphatic heterocycles. The molecule has 118 valence electrons. The van der Waals surface area contributed by atoms with Crippen molar-refractivity contribution in [1.82, 2.24) is 10.2 Å². The van der Waals surface area contributed by atoms with E-state index in [0.29, 0.717) is 13.2 Å². The van der Waals surface area contributed by atoms with Crippen molar-refractivity contribution in [3.63, 3.8) is 0 Å². The fourth-order valence-corrected chi connectivity index (χ4v) is 4.12. The predicted octanol–water partition coefficient (Wildman–Crippen LogP) is 1.46. The molecule has 0 radical (unpaired) electrons. The maximum Gasteiger partial charge on any atom is 0.246 e. The first-order valence-electron chi connectivity index (χ1n) is 8.28. The quantitative estimate of drug-likeness (QED) is 0.839. The van der Waals surface area contributed by atoms with E-state index < -0.39 is 5.54 Å². The zero-order valence-electron chi connectivity index (χ0n) is 13.1. The third kappa shape index (κ3) is 2.35. The van der Waals surface area contributed by atoms with Crippen molar-refractivity contribution in [3.05, 3.63) is 0 Å². The lowest BCUT2D eigenvalue weighted by atomic mass is 9.75. The standard InChI is InChI=1S/C16H26N2O3/c1-11(2)13-14(19)18(12-6-9-21-10-12)16(15(20)17-13)7-4-3-5-8-16/h11-13H,3-10H2,1-2H3,(H,17,20). The summed E-state index contributed by atoms with van der Waals surface area (Å²) in [5.41, 5.74) is -0.612. The van der Waals surface area contributed by atoms with E-state index >= 15 is 0 Å². The molecule has 0 bridgehead atoms. The molecule has 2 unspecified atom stereocenters. The minimum atomic E-state index is -0.612. The summed E-state index contributed by atoms with van der Waals surface area (Å²) in [5.74, 6) is 0.279. The van der Waals surface area contributed by atoms with Gasteiger partial charge in [0.15, 0.2) is 0 Å². The van der Waals surface area contributed by atoms with Crippen LogP contribution in [0.5, 0.6) is 0 Å². The number of hydrogen-bond donors (Lipinski definition) is 1. The number of hydrogen-bond acceptors (Lipinski definition) is 3. The van der Waals surface area contributed by atoms with E-state index in [1.54, 1.807) is 0 Å². The highest BCUT2D eigenvalue weighted by Gasteiger charge is 2.55. The lowest BCUT2D eigenvalue weighted by Crippen LogP contribution is -2.74. The van der Waals surface area contributed by atoms with Crippen LogP contribution in [0.3, 0.4) is 0 Å². The van der Waals surface area contributed by atoms with Crippen molar-refractivity contribution in [2.24, 2.45) is 5.92 Å². The molecule has 1 aliphatic carbocycles. The van der Waals surface area contributed by atoms with E-state index in [1.807, 2.05) is 18.7 Å². The van der Waals surface area contributed by atoms with Crippen LogP contribution in [0, 0.1) is 5.92 Å². The molecule has 1 saturated carbocycles. The number of amides is 2. The molecular formula is C16H26N2O3. The molecule has 2 amide bonds. The van der Waals surface area contributed by atoms with Crippen LogP contribution in [0.15, 0.2) is 0 Å². The third-order valence-corrected chi connectivity index (χ3v) is 5.29. The van der Waals surface area contributed by atoms with Crippen LogP contribution in [0.25, 0.3) is 0 Å². The van der Waals surface area contributed by atoms with Crippen molar-refractivity contribution in [2.45, 2.75) is 70.0 Å². The maximum atomic E-state index is 13.0. The van der Waals surface area contributed by atoms with Gasteiger partial charge in [-0.3, -0.25) is 9.59 Å². The molecule has 3 fully saturated rings. The number of nitrogens with one attached hydrogen (secondary N) is 1. The average molecular weight is 294 g/mol. The molecule has 0 aromatic carbocycles. The molecule has 3 aliphatic rings. The van der Waals surface area contributed by atoms with E-state index in [4.69, 9.17) is 4.74 Å². The van der Waals surface area contributed by atoms with E-state index in [-0.39, 0.29) is 29.8 Å². The lowest BCUT2D eigenvalue weighted by Gasteiger charge is -2.52. The molecule has 0 aromatic rings. The largest absolute Gasteiger partial charge is 0.379 e. The Morgan fingerprint density at radius 1 is 1.24 bits per heavy atom. The zero-order chi connectivity index (χ0) is 15.0. The summed E-state index contributed by atoms with van der Waals surface area (Å²) in [6.07, 6.45) is 5.66. The Morgan fingerprint density at radius 3 is 2.52 bits per heavy atom. The fourth-order valence-electron chi connectivity index (χ4n) is 4.12. The van der Waals surface area contributed by atoms with E-state index in [0.717, 1.165) is 38.5 Å². The summed E-state index contributed by atoms with van der Waals surface area (Å²) in [7, 11) is 0. The summed E-state index contributed by atoms with van der Waals surface area (Å²) in [5, 5.41) is 3.01. The molecule has 2 saturated heterocycles. The number of ether oxygens (including phenoxy) is 1. The van der Waals surface area contributed by atoms with Gasteiger partial charge in [0.25, 0.3) is 0 Å². The maximum absolute atomic E-state index is 13.0. The van der Waals surface area contributed by atoms with Gasteiger partial charge in [-0.1, -0.05) is 33.1 Å². The van der Waals surface area contributed by atoms with Crippen LogP contribution >= 0.6 is 0 Å². The van der Waals surface area contributed by atoms with Gasteiger partial charge in [0.05, 0.1) is 12.6 Å². The molecule has 1 spiro atoms. The monoisotopic (exact) mass is 294 g/mol. The Hall–Kier alpha value is -1.10. The molecule has 3 rings (SSSR count). The fraction of sp³-hybridized carbons (Fsp3) is 0.875. The molecule has 5 nitrogen and oxygen atoms in total. The Morgan fingerprint density at radius 2 is 1.95 bits per heavy atom. The van der Waals surface area contributed by atoms with Gasteiger partial charge < -0.3 is 15.0 Å². The van der Waals surface area contributed by atoms with Crippen molar-refractivity contribution >= 4 is 11.8 Å². The predicted molar refractivity (Wildman–Crippen MR) is 78.7 cm³/mol. The first-order chi connectivity index (χ1) is 10.1. The van der Waals surface area contributed by atoms with Gasteiger partial charge in [-0.05, 0) is 25.2 Å². The summed E-state index contributed by atoms with van der Waals surface area (Å²) < 4.78 is 5.50. The van der Waals surface area contributed by atoms with Gasteiger partial charge in [-0.15, -0.1) is 0 Å². The SMILES string of the molecule is CC(C)C1NC(=O)C2(CCCCC2)N(C2CCOC2)C1=O. The minimum absolute atomic E-state index is 0.0624. The van der Waals surface area contributed by atoms with Gasteiger partial charge in [-0.2, -0.15) is 0 Å². The number of carbonyl (C=O) groups excluding carboxylic acids is 2. The normalized spacial score (nSPS) is 32.8. The highest BCUT2D eigenvalue weighted by Crippen LogP contribution is 2.40. The Bertz CT molecular complexity index is 423. The molecule has 2 atom stereocenters. The van der Waals surface area contributed by atoms with Crippen LogP contribution in [0.1, 0.15) is 52.4 Å². The Balaban J connectivity index is 1.96. The van der Waals surface area contributed by atoms with Crippen LogP contribution in [0.4, 0.5) is 0 Å². The number of carbonyl (C=O) groups is 2. The smallest absolute Gasteiger partial charge is 0.246 e. The average Bonchev–Trinajstić information content (AvgIpc) is 2.98. The van der Waals surface area contributed by atoms with Gasteiger partial charge in [0.1, 0.15) is 11.6 Å². The van der Waals surface area contributed by atoms with Gasteiger partial charge in [0.2, 0.25) is 11.8 Å². The third-order valence-electron chi connectivity index (χ3n) is 5.29. The molecule has 2 heterocycles. The Labute approximate surface area is 126 Å². The number of rotatable bonds is 2. The number of nitrogens with zero attached hydrogens (tertiary/aromatic N) is 1. The lowest BCUT2D eigenvalue weighted by molar-refractivity contribution is -0.165. The van der Waals surface area contributed by atoms with Gasteiger partial charge in [-0.25, -0.2) is 0 Å². The van der Waals surface area contributed by atoms with Gasteiger partial charge in [0, 0.05) is 6.61 Å². The van der Waals surface area contributed by atoms with Crippen molar-refractivity contribution in [2.75, 3.05) is 13.2 Å². The minimum Gasteiger partial charge on any atom is -0.379 e. The second kappa shape index (κ2) is 5.59. The molecule has 5 heteroatoms. The summed E-state index contributed by atoms with van der Waals surface area (Å²) in [4.78, 5) is 27.8. The molecule has 1 N–H and O–H groups in total. The first-order valence-corrected chi connectivity index (χ1v) is 8.28. The highest BCUT2D eigenvalue weighted by molar-refractivity contribution is 6.00. The van der Waals surface area contributed by atoms with Crippen LogP contribution < -0.4 is 5.32 Å². The molecular weight excluding hydrogens is 268 g/mol. The summed E-state index contributed by atoms with van der Waals surface area (Å²) in [6.45, 7) is 5.25. The molecule has 21 heavy (non-hydrogen) atoms. The first kappa shape index (κ1) is 14.8. The second-order valence-electron chi connectivity index (χ2n) is 7.01. The van der Waals surface area contributed by atoms with E-state index in [9.17, 15) is 9.59 Å². The van der Waals surface area contributed by atoms with Gasteiger partial charge >= 0.3 is 0 Å². The Kier molecular flexibility index (Phi) is 3.95. The van der Waals surface area contributed by atoms with Crippen molar-refractivity contribution < 1.29 is 14.3 Å². The number of piperazine rings is 1. The summed E-state index contributed by atoms with van der Waals surface area (Å²) in [6, 6.07) is -0.312. The van der Waals surface area contributed by atoms with E-state index in [1.165, 1.54) is 0 Å². The second-order valence-corrected chi connectivity index (χ2v) is 7.01. The summed E-state index contributed by atoms with van der Waals surface area (Å²) >= 11 is 0. The van der Waals surface area contributed by atoms with Crippen LogP contribution in [-0.2, 0) is 14.3 Å². The van der Waals surface area contributed by atoms with Crippen LogP contribution in [0.2, 0.25) is 0 Å². The van der Waals surface area contributed by atoms with Crippen LogP contribution in [-0.4, -0.2) is 47.6 Å². The topological polar surface area (TPSA) is 58.6 Å². The van der Waals surface area contributed by atoms with Crippen molar-refractivity contribution in [1.29, 1.82) is 0 Å². The highest BCUT2D eigenvalue weighted by atomic mass is 16.5. The molecule has 0 aromatic heterocycles.